The van der Waals surface area contributed by atoms with Gasteiger partial charge in [-0.3, -0.25) is 9.59 Å². The van der Waals surface area contributed by atoms with Crippen molar-refractivity contribution in [3.63, 3.8) is 0 Å². The average Bonchev–Trinajstić information content (AvgIpc) is 2.56. The maximum atomic E-state index is 13.7. The van der Waals surface area contributed by atoms with Crippen LogP contribution in [0.2, 0.25) is 0 Å². The Kier molecular flexibility index (Phi) is 5.63. The summed E-state index contributed by atoms with van der Waals surface area (Å²) in [4.78, 5) is 25.1. The molecule has 0 spiro atoms. The van der Waals surface area contributed by atoms with E-state index in [4.69, 9.17) is 5.26 Å². The molecule has 122 valence electrons. The number of nitriles is 1. The van der Waals surface area contributed by atoms with Crippen molar-refractivity contribution in [2.45, 2.75) is 13.5 Å². The Balaban J connectivity index is 2.05. The maximum absolute atomic E-state index is 13.7. The largest absolute Gasteiger partial charge is 0.329 e. The van der Waals surface area contributed by atoms with Crippen LogP contribution in [0.1, 0.15) is 18.1 Å². The minimum atomic E-state index is -0.425. The molecule has 2 aromatic rings. The summed E-state index contributed by atoms with van der Waals surface area (Å²) in [6.07, 6.45) is 0. The van der Waals surface area contributed by atoms with Gasteiger partial charge in [0.15, 0.2) is 0 Å². The van der Waals surface area contributed by atoms with Crippen LogP contribution < -0.4 is 5.32 Å². The van der Waals surface area contributed by atoms with Gasteiger partial charge in [-0.1, -0.05) is 24.3 Å². The minimum Gasteiger partial charge on any atom is -0.329 e. The van der Waals surface area contributed by atoms with Crippen LogP contribution in [0.5, 0.6) is 0 Å². The Morgan fingerprint density at radius 3 is 2.62 bits per heavy atom. The number of nitrogens with zero attached hydrogens (tertiary/aromatic N) is 2. The van der Waals surface area contributed by atoms with Gasteiger partial charge in [-0.15, -0.1) is 0 Å². The summed E-state index contributed by atoms with van der Waals surface area (Å²) in [5.41, 5.74) is 1.23. The summed E-state index contributed by atoms with van der Waals surface area (Å²) in [5.74, 6) is -1.18. The number of halogens is 1. The summed E-state index contributed by atoms with van der Waals surface area (Å²) < 4.78 is 13.7. The summed E-state index contributed by atoms with van der Waals surface area (Å²) in [6.45, 7) is 1.12. The van der Waals surface area contributed by atoms with Gasteiger partial charge >= 0.3 is 0 Å². The number of anilines is 1. The number of benzene rings is 2. The van der Waals surface area contributed by atoms with E-state index >= 15 is 0 Å². The molecule has 0 bridgehead atoms. The van der Waals surface area contributed by atoms with Crippen molar-refractivity contribution in [2.75, 3.05) is 11.9 Å². The van der Waals surface area contributed by atoms with Crippen LogP contribution >= 0.6 is 0 Å². The van der Waals surface area contributed by atoms with E-state index < -0.39 is 11.7 Å². The number of amides is 2. The SMILES string of the molecule is CC(=O)N(CC(=O)Nc1cccc(C#N)c1)Cc1ccccc1F. The van der Waals surface area contributed by atoms with Crippen LogP contribution in [0.25, 0.3) is 0 Å². The molecule has 0 unspecified atom stereocenters. The first-order valence-electron chi connectivity index (χ1n) is 7.28. The standard InChI is InChI=1S/C18H16FN3O2/c1-13(23)22(11-15-6-2-3-8-17(15)19)12-18(24)21-16-7-4-5-14(9-16)10-20/h2-9H,11-12H2,1H3,(H,21,24). The Hall–Kier alpha value is -3.20. The number of rotatable bonds is 5. The van der Waals surface area contributed by atoms with Crippen molar-refractivity contribution >= 4 is 17.5 Å². The molecule has 0 saturated carbocycles. The highest BCUT2D eigenvalue weighted by atomic mass is 19.1. The zero-order valence-corrected chi connectivity index (χ0v) is 13.1. The second kappa shape index (κ2) is 7.88. The molecule has 5 nitrogen and oxygen atoms in total. The third-order valence-electron chi connectivity index (χ3n) is 3.37. The van der Waals surface area contributed by atoms with Gasteiger partial charge in [0.1, 0.15) is 12.4 Å². The molecule has 0 aromatic heterocycles. The van der Waals surface area contributed by atoms with E-state index in [1.165, 1.54) is 24.0 Å². The second-order valence-electron chi connectivity index (χ2n) is 5.21. The van der Waals surface area contributed by atoms with Crippen molar-refractivity contribution in [1.29, 1.82) is 5.26 Å². The highest BCUT2D eigenvalue weighted by molar-refractivity contribution is 5.94. The van der Waals surface area contributed by atoms with E-state index in [1.54, 1.807) is 36.4 Å². The Morgan fingerprint density at radius 1 is 1.21 bits per heavy atom. The number of carbonyl (C=O) groups excluding carboxylic acids is 2. The van der Waals surface area contributed by atoms with Crippen molar-refractivity contribution < 1.29 is 14.0 Å². The normalized spacial score (nSPS) is 9.88. The zero-order chi connectivity index (χ0) is 17.5. The molecule has 2 aromatic carbocycles. The Bertz CT molecular complexity index is 799. The number of carbonyl (C=O) groups is 2. The highest BCUT2D eigenvalue weighted by Gasteiger charge is 2.16. The molecule has 2 amide bonds. The van der Waals surface area contributed by atoms with E-state index in [1.807, 2.05) is 6.07 Å². The van der Waals surface area contributed by atoms with Gasteiger partial charge in [0, 0.05) is 24.7 Å². The lowest BCUT2D eigenvalue weighted by molar-refractivity contribution is -0.133. The first-order valence-corrected chi connectivity index (χ1v) is 7.28. The van der Waals surface area contributed by atoms with E-state index in [0.717, 1.165) is 0 Å². The van der Waals surface area contributed by atoms with Crippen LogP contribution in [0.3, 0.4) is 0 Å². The minimum absolute atomic E-state index is 0.00760. The smallest absolute Gasteiger partial charge is 0.244 e. The molecular formula is C18H16FN3O2. The first kappa shape index (κ1) is 17.2. The van der Waals surface area contributed by atoms with Gasteiger partial charge in [-0.2, -0.15) is 5.26 Å². The van der Waals surface area contributed by atoms with Crippen LogP contribution in [-0.2, 0) is 16.1 Å². The Labute approximate surface area is 139 Å². The van der Waals surface area contributed by atoms with Gasteiger partial charge < -0.3 is 10.2 Å². The summed E-state index contributed by atoms with van der Waals surface area (Å²) >= 11 is 0. The van der Waals surface area contributed by atoms with Crippen LogP contribution in [-0.4, -0.2) is 23.3 Å². The summed E-state index contributed by atoms with van der Waals surface area (Å²) in [5, 5.41) is 11.5. The van der Waals surface area contributed by atoms with E-state index in [0.29, 0.717) is 16.8 Å². The molecule has 0 fully saturated rings. The van der Waals surface area contributed by atoms with E-state index in [-0.39, 0.29) is 19.0 Å². The molecule has 0 atom stereocenters. The lowest BCUT2D eigenvalue weighted by atomic mass is 10.2. The third-order valence-corrected chi connectivity index (χ3v) is 3.37. The van der Waals surface area contributed by atoms with Crippen LogP contribution in [0.4, 0.5) is 10.1 Å². The highest BCUT2D eigenvalue weighted by Crippen LogP contribution is 2.12. The maximum Gasteiger partial charge on any atom is 0.244 e. The summed E-state index contributed by atoms with van der Waals surface area (Å²) in [6, 6.07) is 14.5. The lowest BCUT2D eigenvalue weighted by Crippen LogP contribution is -2.36. The van der Waals surface area contributed by atoms with Gasteiger partial charge in [0.2, 0.25) is 11.8 Å². The fourth-order valence-corrected chi connectivity index (χ4v) is 2.15. The Morgan fingerprint density at radius 2 is 1.96 bits per heavy atom. The van der Waals surface area contributed by atoms with Crippen molar-refractivity contribution in [2.24, 2.45) is 0 Å². The van der Waals surface area contributed by atoms with Crippen molar-refractivity contribution in [3.8, 4) is 6.07 Å². The second-order valence-corrected chi connectivity index (χ2v) is 5.21. The lowest BCUT2D eigenvalue weighted by Gasteiger charge is -2.21. The number of hydrogen-bond acceptors (Lipinski definition) is 3. The monoisotopic (exact) mass is 325 g/mol. The molecule has 0 aliphatic rings. The molecule has 0 heterocycles. The van der Waals surface area contributed by atoms with Crippen LogP contribution in [0.15, 0.2) is 48.5 Å². The molecule has 0 aliphatic heterocycles. The zero-order valence-electron chi connectivity index (χ0n) is 13.1. The number of hydrogen-bond donors (Lipinski definition) is 1. The third kappa shape index (κ3) is 4.65. The van der Waals surface area contributed by atoms with Gasteiger partial charge in [0.25, 0.3) is 0 Å². The summed E-state index contributed by atoms with van der Waals surface area (Å²) in [7, 11) is 0. The average molecular weight is 325 g/mol. The molecule has 1 N–H and O–H groups in total. The van der Waals surface area contributed by atoms with Gasteiger partial charge in [-0.05, 0) is 24.3 Å². The predicted octanol–water partition coefficient (Wildman–Crippen LogP) is 2.68. The van der Waals surface area contributed by atoms with Gasteiger partial charge in [0.05, 0.1) is 11.6 Å². The molecule has 6 heteroatoms. The molecule has 24 heavy (non-hydrogen) atoms. The van der Waals surface area contributed by atoms with Gasteiger partial charge in [-0.25, -0.2) is 4.39 Å². The van der Waals surface area contributed by atoms with Crippen LogP contribution in [0, 0.1) is 17.1 Å². The molecule has 0 aliphatic carbocycles. The molecule has 0 saturated heterocycles. The molecular weight excluding hydrogens is 309 g/mol. The van der Waals surface area contributed by atoms with E-state index in [2.05, 4.69) is 5.32 Å². The topological polar surface area (TPSA) is 73.2 Å². The quantitative estimate of drug-likeness (QED) is 0.918. The first-order chi connectivity index (χ1) is 11.5. The van der Waals surface area contributed by atoms with Crippen molar-refractivity contribution in [1.82, 2.24) is 4.90 Å². The molecule has 0 radical (unpaired) electrons. The predicted molar refractivity (Wildman–Crippen MR) is 87.3 cm³/mol. The fourth-order valence-electron chi connectivity index (χ4n) is 2.15. The van der Waals surface area contributed by atoms with E-state index in [9.17, 15) is 14.0 Å². The fraction of sp³-hybridized carbons (Fsp3) is 0.167. The molecule has 2 rings (SSSR count). The number of nitrogens with one attached hydrogen (secondary N) is 1. The van der Waals surface area contributed by atoms with Crippen molar-refractivity contribution in [3.05, 3.63) is 65.5 Å².